The SMILES string of the molecule is CCc1ccccc1N/C(SCc1ccc(F)cc1)=C(/C#N)S(=O)(=O)c1ccccc1. The highest BCUT2D eigenvalue weighted by molar-refractivity contribution is 8.04. The fraction of sp³-hybridized carbons (Fsp3) is 0.125. The summed E-state index contributed by atoms with van der Waals surface area (Å²) in [4.78, 5) is -0.297. The largest absolute Gasteiger partial charge is 0.348 e. The number of halogens is 1. The van der Waals surface area contributed by atoms with E-state index in [1.165, 1.54) is 36.0 Å². The molecule has 0 spiro atoms. The first-order valence-electron chi connectivity index (χ1n) is 9.62. The van der Waals surface area contributed by atoms with Gasteiger partial charge in [0, 0.05) is 11.4 Å². The van der Waals surface area contributed by atoms with Crippen molar-refractivity contribution in [2.45, 2.75) is 24.0 Å². The minimum Gasteiger partial charge on any atom is -0.348 e. The Bertz CT molecular complexity index is 1220. The molecule has 31 heavy (non-hydrogen) atoms. The Morgan fingerprint density at radius 2 is 1.65 bits per heavy atom. The topological polar surface area (TPSA) is 70.0 Å². The van der Waals surface area contributed by atoms with Crippen LogP contribution in [0.1, 0.15) is 18.1 Å². The average Bonchev–Trinajstić information content (AvgIpc) is 2.79. The van der Waals surface area contributed by atoms with Gasteiger partial charge < -0.3 is 5.32 Å². The summed E-state index contributed by atoms with van der Waals surface area (Å²) in [6.45, 7) is 2.00. The van der Waals surface area contributed by atoms with Gasteiger partial charge in [-0.3, -0.25) is 0 Å². The van der Waals surface area contributed by atoms with Gasteiger partial charge in [-0.15, -0.1) is 11.8 Å². The van der Waals surface area contributed by atoms with E-state index in [2.05, 4.69) is 5.32 Å². The molecule has 158 valence electrons. The molecule has 0 unspecified atom stereocenters. The van der Waals surface area contributed by atoms with Gasteiger partial charge in [-0.2, -0.15) is 5.26 Å². The molecular formula is C24H21FN2O2S2. The molecule has 3 aromatic rings. The van der Waals surface area contributed by atoms with Crippen LogP contribution in [0, 0.1) is 17.1 Å². The molecule has 0 radical (unpaired) electrons. The normalized spacial score (nSPS) is 12.0. The molecule has 0 aromatic heterocycles. The van der Waals surface area contributed by atoms with E-state index in [1.807, 2.05) is 37.3 Å². The molecule has 0 amide bonds. The Morgan fingerprint density at radius 3 is 2.29 bits per heavy atom. The van der Waals surface area contributed by atoms with Gasteiger partial charge in [0.1, 0.15) is 16.9 Å². The highest BCUT2D eigenvalue weighted by Gasteiger charge is 2.25. The van der Waals surface area contributed by atoms with Crippen LogP contribution in [0.2, 0.25) is 0 Å². The highest BCUT2D eigenvalue weighted by Crippen LogP contribution is 2.32. The number of aryl methyl sites for hydroxylation is 1. The fourth-order valence-electron chi connectivity index (χ4n) is 2.92. The van der Waals surface area contributed by atoms with E-state index < -0.39 is 9.84 Å². The zero-order valence-electron chi connectivity index (χ0n) is 16.9. The van der Waals surface area contributed by atoms with Crippen molar-refractivity contribution in [2.75, 3.05) is 5.32 Å². The van der Waals surface area contributed by atoms with Crippen LogP contribution in [0.15, 0.2) is 93.7 Å². The van der Waals surface area contributed by atoms with Crippen LogP contribution >= 0.6 is 11.8 Å². The Hall–Kier alpha value is -3.08. The summed E-state index contributed by atoms with van der Waals surface area (Å²) in [5, 5.41) is 13.2. The van der Waals surface area contributed by atoms with Crippen LogP contribution in [0.4, 0.5) is 10.1 Å². The molecule has 7 heteroatoms. The maximum Gasteiger partial charge on any atom is 0.219 e. The van der Waals surface area contributed by atoms with Gasteiger partial charge in [0.15, 0.2) is 4.91 Å². The number of thioether (sulfide) groups is 1. The van der Waals surface area contributed by atoms with Crippen molar-refractivity contribution < 1.29 is 12.8 Å². The van der Waals surface area contributed by atoms with E-state index in [0.717, 1.165) is 23.2 Å². The summed E-state index contributed by atoms with van der Waals surface area (Å²) in [6.07, 6.45) is 0.742. The average molecular weight is 453 g/mol. The van der Waals surface area contributed by atoms with Crippen molar-refractivity contribution in [3.63, 3.8) is 0 Å². The number of nitrogens with zero attached hydrogens (tertiary/aromatic N) is 1. The number of para-hydroxylation sites is 1. The lowest BCUT2D eigenvalue weighted by molar-refractivity contribution is 0.603. The lowest BCUT2D eigenvalue weighted by Gasteiger charge is -2.16. The maximum atomic E-state index is 13.2. The standard InChI is InChI=1S/C24H21FN2O2S2/c1-2-19-8-6-7-11-22(19)27-24(30-17-18-12-14-20(25)15-13-18)23(16-26)31(28,29)21-9-4-3-5-10-21/h3-15,27H,2,17H2,1H3/b24-23+. The van der Waals surface area contributed by atoms with Crippen molar-refractivity contribution >= 4 is 27.3 Å². The summed E-state index contributed by atoms with van der Waals surface area (Å²) in [5.74, 6) is 0.0238. The third kappa shape index (κ3) is 5.54. The van der Waals surface area contributed by atoms with E-state index in [9.17, 15) is 18.1 Å². The fourth-order valence-corrected chi connectivity index (χ4v) is 5.45. The second-order valence-electron chi connectivity index (χ2n) is 6.64. The highest BCUT2D eigenvalue weighted by atomic mass is 32.2. The summed E-state index contributed by atoms with van der Waals surface area (Å²) in [6, 6.07) is 23.3. The molecule has 0 atom stereocenters. The number of nitrogens with one attached hydrogen (secondary N) is 1. The number of hydrogen-bond donors (Lipinski definition) is 1. The van der Waals surface area contributed by atoms with Gasteiger partial charge in [-0.05, 0) is 47.9 Å². The van der Waals surface area contributed by atoms with Crippen molar-refractivity contribution in [3.05, 3.63) is 106 Å². The Labute approximate surface area is 186 Å². The number of hydrogen-bond acceptors (Lipinski definition) is 5. The summed E-state index contributed by atoms with van der Waals surface area (Å²) < 4.78 is 39.7. The van der Waals surface area contributed by atoms with Gasteiger partial charge in [0.05, 0.1) is 4.90 Å². The minimum absolute atomic E-state index is 0.0528. The first-order valence-corrected chi connectivity index (χ1v) is 12.1. The molecule has 1 N–H and O–H groups in total. The maximum absolute atomic E-state index is 13.2. The van der Waals surface area contributed by atoms with Crippen molar-refractivity contribution in [1.82, 2.24) is 0 Å². The zero-order valence-corrected chi connectivity index (χ0v) is 18.5. The molecule has 0 bridgehead atoms. The second-order valence-corrected chi connectivity index (χ2v) is 9.51. The molecule has 3 rings (SSSR count). The van der Waals surface area contributed by atoms with Crippen LogP contribution in [0.5, 0.6) is 0 Å². The number of sulfone groups is 1. The third-order valence-electron chi connectivity index (χ3n) is 4.57. The zero-order chi connectivity index (χ0) is 22.3. The van der Waals surface area contributed by atoms with Gasteiger partial charge in [0.25, 0.3) is 0 Å². The van der Waals surface area contributed by atoms with Crippen LogP contribution < -0.4 is 5.32 Å². The molecule has 0 saturated carbocycles. The molecule has 3 aromatic carbocycles. The number of rotatable bonds is 8. The Kier molecular flexibility index (Phi) is 7.50. The lowest BCUT2D eigenvalue weighted by Crippen LogP contribution is -2.11. The summed E-state index contributed by atoms with van der Waals surface area (Å²) in [5.41, 5.74) is 2.54. The molecule has 4 nitrogen and oxygen atoms in total. The Balaban J connectivity index is 2.06. The number of anilines is 1. The number of benzene rings is 3. The van der Waals surface area contributed by atoms with Crippen LogP contribution in [0.3, 0.4) is 0 Å². The second kappa shape index (κ2) is 10.3. The molecule has 0 aliphatic rings. The molecule has 0 fully saturated rings. The summed E-state index contributed by atoms with van der Waals surface area (Å²) in [7, 11) is -4.03. The van der Waals surface area contributed by atoms with E-state index >= 15 is 0 Å². The predicted octanol–water partition coefficient (Wildman–Crippen LogP) is 5.90. The monoisotopic (exact) mass is 452 g/mol. The Morgan fingerprint density at radius 1 is 1.00 bits per heavy atom. The van der Waals surface area contributed by atoms with Crippen molar-refractivity contribution in [2.24, 2.45) is 0 Å². The van der Waals surface area contributed by atoms with Gasteiger partial charge in [-0.1, -0.05) is 55.5 Å². The van der Waals surface area contributed by atoms with Gasteiger partial charge >= 0.3 is 0 Å². The quantitative estimate of drug-likeness (QED) is 0.431. The summed E-state index contributed by atoms with van der Waals surface area (Å²) >= 11 is 1.19. The first-order chi connectivity index (χ1) is 15.0. The van der Waals surface area contributed by atoms with Crippen LogP contribution in [-0.2, 0) is 22.0 Å². The molecule has 0 aliphatic heterocycles. The van der Waals surface area contributed by atoms with Gasteiger partial charge in [0.2, 0.25) is 9.84 Å². The molecular weight excluding hydrogens is 431 g/mol. The first kappa shape index (κ1) is 22.6. The van der Waals surface area contributed by atoms with E-state index in [-0.39, 0.29) is 20.6 Å². The minimum atomic E-state index is -4.03. The number of allylic oxidation sites excluding steroid dienone is 1. The van der Waals surface area contributed by atoms with E-state index in [4.69, 9.17) is 0 Å². The van der Waals surface area contributed by atoms with Crippen LogP contribution in [-0.4, -0.2) is 8.42 Å². The van der Waals surface area contributed by atoms with Gasteiger partial charge in [-0.25, -0.2) is 12.8 Å². The molecule has 0 saturated heterocycles. The van der Waals surface area contributed by atoms with E-state index in [0.29, 0.717) is 5.75 Å². The van der Waals surface area contributed by atoms with Crippen molar-refractivity contribution in [1.29, 1.82) is 5.26 Å². The van der Waals surface area contributed by atoms with Crippen molar-refractivity contribution in [3.8, 4) is 6.07 Å². The lowest BCUT2D eigenvalue weighted by atomic mass is 10.1. The van der Waals surface area contributed by atoms with Crippen LogP contribution in [0.25, 0.3) is 0 Å². The molecule has 0 heterocycles. The number of nitriles is 1. The molecule has 0 aliphatic carbocycles. The predicted molar refractivity (Wildman–Crippen MR) is 123 cm³/mol. The third-order valence-corrected chi connectivity index (χ3v) is 7.50. The van der Waals surface area contributed by atoms with E-state index in [1.54, 1.807) is 30.3 Å². The smallest absolute Gasteiger partial charge is 0.219 e.